The first-order valence-corrected chi connectivity index (χ1v) is 9.61. The molecule has 3 aromatic rings. The van der Waals surface area contributed by atoms with Crippen molar-refractivity contribution >= 4 is 10.0 Å². The number of nitrogens with one attached hydrogen (secondary N) is 1. The van der Waals surface area contributed by atoms with Crippen LogP contribution in [0.25, 0.3) is 5.82 Å². The highest BCUT2D eigenvalue weighted by atomic mass is 32.2. The Bertz CT molecular complexity index is 1090. The molecule has 0 aliphatic carbocycles. The van der Waals surface area contributed by atoms with Gasteiger partial charge in [-0.05, 0) is 42.8 Å². The minimum Gasteiger partial charge on any atom is -0.496 e. The Morgan fingerprint density at radius 2 is 2.04 bits per heavy atom. The van der Waals surface area contributed by atoms with E-state index in [2.05, 4.69) is 14.9 Å². The van der Waals surface area contributed by atoms with Crippen molar-refractivity contribution in [1.82, 2.24) is 24.3 Å². The lowest BCUT2D eigenvalue weighted by atomic mass is 10.2. The van der Waals surface area contributed by atoms with Crippen molar-refractivity contribution in [2.24, 2.45) is 0 Å². The summed E-state index contributed by atoms with van der Waals surface area (Å²) in [5, 5.41) is 8.25. The lowest BCUT2D eigenvalue weighted by molar-refractivity contribution is 0.411. The SMILES string of the molecule is COc1ccc(S(=O)(=O)NCCn2nc(-n3cccn3)ccc2=O)cc1C. The molecule has 0 atom stereocenters. The molecule has 0 saturated heterocycles. The van der Waals surface area contributed by atoms with Crippen LogP contribution in [-0.4, -0.2) is 41.6 Å². The standard InChI is InChI=1S/C17H19N5O4S/c1-13-12-14(4-5-15(13)26-2)27(24,25)19-9-11-22-17(23)7-6-16(20-22)21-10-3-8-18-21/h3-8,10,12,19H,9,11H2,1-2H3. The first kappa shape index (κ1) is 18.8. The summed E-state index contributed by atoms with van der Waals surface area (Å²) in [6.07, 6.45) is 3.30. The summed E-state index contributed by atoms with van der Waals surface area (Å²) < 4.78 is 35.2. The minimum atomic E-state index is -3.71. The molecule has 0 spiro atoms. The van der Waals surface area contributed by atoms with Crippen LogP contribution in [-0.2, 0) is 16.6 Å². The van der Waals surface area contributed by atoms with Crippen LogP contribution in [0.3, 0.4) is 0 Å². The van der Waals surface area contributed by atoms with E-state index in [9.17, 15) is 13.2 Å². The van der Waals surface area contributed by atoms with Gasteiger partial charge in [0, 0.05) is 25.0 Å². The normalized spacial score (nSPS) is 11.5. The molecule has 142 valence electrons. The van der Waals surface area contributed by atoms with E-state index in [1.807, 2.05) is 0 Å². The molecule has 0 fully saturated rings. The molecule has 27 heavy (non-hydrogen) atoms. The van der Waals surface area contributed by atoms with Crippen LogP contribution in [0.4, 0.5) is 0 Å². The zero-order valence-electron chi connectivity index (χ0n) is 14.9. The number of hydrogen-bond acceptors (Lipinski definition) is 6. The average molecular weight is 389 g/mol. The van der Waals surface area contributed by atoms with Crippen molar-refractivity contribution in [1.29, 1.82) is 0 Å². The number of ether oxygens (including phenoxy) is 1. The maximum atomic E-state index is 12.4. The summed E-state index contributed by atoms with van der Waals surface area (Å²) in [6.45, 7) is 1.87. The third kappa shape index (κ3) is 4.23. The molecule has 2 heterocycles. The highest BCUT2D eigenvalue weighted by Gasteiger charge is 2.15. The van der Waals surface area contributed by atoms with Gasteiger partial charge in [-0.1, -0.05) is 0 Å². The fourth-order valence-electron chi connectivity index (χ4n) is 2.51. The molecule has 2 aromatic heterocycles. The predicted molar refractivity (Wildman–Crippen MR) is 98.5 cm³/mol. The predicted octanol–water partition coefficient (Wildman–Crippen LogP) is 0.725. The van der Waals surface area contributed by atoms with Gasteiger partial charge in [-0.3, -0.25) is 4.79 Å². The molecule has 3 rings (SSSR count). The fourth-order valence-corrected chi connectivity index (χ4v) is 3.62. The van der Waals surface area contributed by atoms with Gasteiger partial charge in [0.1, 0.15) is 5.75 Å². The summed E-state index contributed by atoms with van der Waals surface area (Å²) in [6, 6.07) is 9.26. The number of hydrogen-bond donors (Lipinski definition) is 1. The lowest BCUT2D eigenvalue weighted by Crippen LogP contribution is -2.32. The maximum absolute atomic E-state index is 12.4. The number of nitrogens with zero attached hydrogens (tertiary/aromatic N) is 4. The van der Waals surface area contributed by atoms with E-state index in [0.717, 1.165) is 0 Å². The van der Waals surface area contributed by atoms with Gasteiger partial charge < -0.3 is 4.74 Å². The van der Waals surface area contributed by atoms with Crippen LogP contribution in [0, 0.1) is 6.92 Å². The second kappa shape index (κ2) is 7.72. The third-order valence-corrected chi connectivity index (χ3v) is 5.34. The van der Waals surface area contributed by atoms with Gasteiger partial charge in [0.2, 0.25) is 10.0 Å². The minimum absolute atomic E-state index is 0.0167. The average Bonchev–Trinajstić information content (AvgIpc) is 3.18. The number of methoxy groups -OCH3 is 1. The number of aryl methyl sites for hydroxylation is 1. The van der Waals surface area contributed by atoms with Crippen molar-refractivity contribution in [3.05, 3.63) is 64.7 Å². The molecule has 9 nitrogen and oxygen atoms in total. The topological polar surface area (TPSA) is 108 Å². The Morgan fingerprint density at radius 1 is 1.22 bits per heavy atom. The van der Waals surface area contributed by atoms with Gasteiger partial charge in [0.05, 0.1) is 18.6 Å². The molecule has 0 saturated carbocycles. The molecule has 0 aliphatic rings. The Labute approximate surface area is 156 Å². The van der Waals surface area contributed by atoms with E-state index in [0.29, 0.717) is 17.1 Å². The van der Waals surface area contributed by atoms with Gasteiger partial charge in [-0.25, -0.2) is 22.5 Å². The van der Waals surface area contributed by atoms with Crippen molar-refractivity contribution in [3.63, 3.8) is 0 Å². The van der Waals surface area contributed by atoms with E-state index in [1.165, 1.54) is 34.7 Å². The Hall–Kier alpha value is -2.98. The lowest BCUT2D eigenvalue weighted by Gasteiger charge is -2.10. The summed E-state index contributed by atoms with van der Waals surface area (Å²) in [5.74, 6) is 1.08. The van der Waals surface area contributed by atoms with Gasteiger partial charge in [0.15, 0.2) is 5.82 Å². The third-order valence-electron chi connectivity index (χ3n) is 3.88. The van der Waals surface area contributed by atoms with Crippen LogP contribution in [0.5, 0.6) is 5.75 Å². The largest absolute Gasteiger partial charge is 0.496 e. The van der Waals surface area contributed by atoms with Gasteiger partial charge in [0.25, 0.3) is 5.56 Å². The van der Waals surface area contributed by atoms with Crippen molar-refractivity contribution in [2.45, 2.75) is 18.4 Å². The molecule has 0 aliphatic heterocycles. The van der Waals surface area contributed by atoms with Crippen LogP contribution in [0.2, 0.25) is 0 Å². The number of aromatic nitrogens is 4. The van der Waals surface area contributed by atoms with Gasteiger partial charge in [-0.15, -0.1) is 5.10 Å². The first-order chi connectivity index (χ1) is 12.9. The van der Waals surface area contributed by atoms with Gasteiger partial charge in [-0.2, -0.15) is 5.10 Å². The molecule has 0 bridgehead atoms. The molecule has 0 unspecified atom stereocenters. The van der Waals surface area contributed by atoms with E-state index in [1.54, 1.807) is 37.5 Å². The molecule has 1 N–H and O–H groups in total. The van der Waals surface area contributed by atoms with Gasteiger partial charge >= 0.3 is 0 Å². The zero-order valence-corrected chi connectivity index (χ0v) is 15.7. The molecule has 1 aromatic carbocycles. The Morgan fingerprint density at radius 3 is 2.70 bits per heavy atom. The Balaban J connectivity index is 1.71. The highest BCUT2D eigenvalue weighted by molar-refractivity contribution is 7.89. The summed E-state index contributed by atoms with van der Waals surface area (Å²) in [5.41, 5.74) is 0.385. The number of rotatable bonds is 7. The van der Waals surface area contributed by atoms with E-state index in [-0.39, 0.29) is 23.5 Å². The molecule has 10 heteroatoms. The maximum Gasteiger partial charge on any atom is 0.266 e. The monoisotopic (exact) mass is 389 g/mol. The van der Waals surface area contributed by atoms with Crippen molar-refractivity contribution < 1.29 is 13.2 Å². The quantitative estimate of drug-likeness (QED) is 0.638. The summed E-state index contributed by atoms with van der Waals surface area (Å²) >= 11 is 0. The van der Waals surface area contributed by atoms with Crippen molar-refractivity contribution in [3.8, 4) is 11.6 Å². The van der Waals surface area contributed by atoms with E-state index < -0.39 is 10.0 Å². The highest BCUT2D eigenvalue weighted by Crippen LogP contribution is 2.21. The van der Waals surface area contributed by atoms with E-state index >= 15 is 0 Å². The number of sulfonamides is 1. The molecule has 0 amide bonds. The first-order valence-electron chi connectivity index (χ1n) is 8.13. The van der Waals surface area contributed by atoms with Crippen LogP contribution in [0.15, 0.2) is 58.5 Å². The second-order valence-electron chi connectivity index (χ2n) is 5.73. The van der Waals surface area contributed by atoms with E-state index in [4.69, 9.17) is 4.74 Å². The van der Waals surface area contributed by atoms with Crippen LogP contribution >= 0.6 is 0 Å². The Kier molecular flexibility index (Phi) is 5.38. The summed E-state index contributed by atoms with van der Waals surface area (Å²) in [7, 11) is -2.19. The molecular weight excluding hydrogens is 370 g/mol. The smallest absolute Gasteiger partial charge is 0.266 e. The number of benzene rings is 1. The molecule has 0 radical (unpaired) electrons. The summed E-state index contributed by atoms with van der Waals surface area (Å²) in [4.78, 5) is 12.1. The molecular formula is C17H19N5O4S. The fraction of sp³-hybridized carbons (Fsp3) is 0.235. The van der Waals surface area contributed by atoms with Crippen molar-refractivity contribution in [2.75, 3.05) is 13.7 Å². The van der Waals surface area contributed by atoms with Crippen LogP contribution < -0.4 is 15.0 Å². The zero-order chi connectivity index (χ0) is 19.4. The second-order valence-corrected chi connectivity index (χ2v) is 7.50. The van der Waals surface area contributed by atoms with Crippen LogP contribution in [0.1, 0.15) is 5.56 Å².